The molecule has 0 radical (unpaired) electrons. The van der Waals surface area contributed by atoms with E-state index in [0.717, 1.165) is 0 Å². The molecular weight excluding hydrogens is 343 g/mol. The number of para-hydroxylation sites is 1. The maximum absolute atomic E-state index is 12.6. The van der Waals surface area contributed by atoms with E-state index in [4.69, 9.17) is 9.47 Å². The molecule has 1 fully saturated rings. The summed E-state index contributed by atoms with van der Waals surface area (Å²) in [7, 11) is 2.77. The first-order chi connectivity index (χ1) is 11.8. The van der Waals surface area contributed by atoms with Crippen LogP contribution in [0, 0.1) is 0 Å². The lowest BCUT2D eigenvalue weighted by Gasteiger charge is -2.36. The van der Waals surface area contributed by atoms with E-state index in [0.29, 0.717) is 24.4 Å². The summed E-state index contributed by atoms with van der Waals surface area (Å²) in [4.78, 5) is 23.7. The van der Waals surface area contributed by atoms with Crippen LogP contribution in [0.5, 0.6) is 11.5 Å². The van der Waals surface area contributed by atoms with E-state index in [1.54, 1.807) is 18.2 Å². The number of esters is 2. The summed E-state index contributed by atoms with van der Waals surface area (Å²) in [5.41, 5.74) is -1.11. The van der Waals surface area contributed by atoms with Gasteiger partial charge in [0, 0.05) is 5.56 Å². The van der Waals surface area contributed by atoms with E-state index in [-0.39, 0.29) is 18.6 Å². The van der Waals surface area contributed by atoms with Crippen molar-refractivity contribution in [2.45, 2.75) is 24.4 Å². The number of carbonyl (C=O) groups excluding carboxylic acids is 2. The molecule has 0 spiro atoms. The summed E-state index contributed by atoms with van der Waals surface area (Å²) < 4.78 is 52.1. The van der Waals surface area contributed by atoms with Crippen molar-refractivity contribution in [1.29, 1.82) is 0 Å². The highest BCUT2D eigenvalue weighted by Gasteiger charge is 2.50. The predicted octanol–water partition coefficient (Wildman–Crippen LogP) is 1.96. The Morgan fingerprint density at radius 1 is 1.12 bits per heavy atom. The molecule has 1 aromatic carbocycles. The van der Waals surface area contributed by atoms with Crippen LogP contribution in [0.4, 0.5) is 13.2 Å². The van der Waals surface area contributed by atoms with Gasteiger partial charge in [-0.15, -0.1) is 0 Å². The highest BCUT2D eigenvalue weighted by atomic mass is 19.4. The second kappa shape index (κ2) is 7.30. The molecular formula is C16H18F3NO5. The lowest BCUT2D eigenvalue weighted by atomic mass is 9.72. The Labute approximate surface area is 142 Å². The minimum atomic E-state index is -5.25. The van der Waals surface area contributed by atoms with Crippen molar-refractivity contribution in [2.75, 3.05) is 27.3 Å². The second-order valence-corrected chi connectivity index (χ2v) is 5.55. The van der Waals surface area contributed by atoms with Crippen LogP contribution in [-0.4, -0.2) is 45.4 Å². The summed E-state index contributed by atoms with van der Waals surface area (Å²) in [5, 5.41) is 3.03. The summed E-state index contributed by atoms with van der Waals surface area (Å²) >= 11 is 0. The van der Waals surface area contributed by atoms with Gasteiger partial charge in [0.2, 0.25) is 0 Å². The van der Waals surface area contributed by atoms with Crippen LogP contribution in [-0.2, 0) is 19.7 Å². The Morgan fingerprint density at radius 3 is 2.28 bits per heavy atom. The first-order valence-electron chi connectivity index (χ1n) is 7.52. The molecule has 138 valence electrons. The Morgan fingerprint density at radius 2 is 1.76 bits per heavy atom. The fraction of sp³-hybridized carbons (Fsp3) is 0.500. The lowest BCUT2D eigenvalue weighted by molar-refractivity contribution is -0.204. The van der Waals surface area contributed by atoms with Crippen LogP contribution in [0.25, 0.3) is 0 Å². The van der Waals surface area contributed by atoms with Gasteiger partial charge in [-0.05, 0) is 32.0 Å². The van der Waals surface area contributed by atoms with Gasteiger partial charge in [-0.25, -0.2) is 4.79 Å². The summed E-state index contributed by atoms with van der Waals surface area (Å²) in [6.07, 6.45) is -4.94. The zero-order valence-corrected chi connectivity index (χ0v) is 13.7. The molecule has 1 aliphatic rings. The Kier molecular flexibility index (Phi) is 5.56. The molecule has 0 aromatic heterocycles. The number of rotatable bonds is 4. The summed E-state index contributed by atoms with van der Waals surface area (Å²) in [6, 6.07) is 4.76. The van der Waals surface area contributed by atoms with Crippen LogP contribution >= 0.6 is 0 Å². The number of halogens is 3. The monoisotopic (exact) mass is 361 g/mol. The first kappa shape index (κ1) is 19.0. The van der Waals surface area contributed by atoms with Crippen molar-refractivity contribution >= 4 is 11.9 Å². The SMILES string of the molecule is COc1cccc(C2(C(=O)OC(=O)C(F)(F)F)CCNCC2)c1OC. The van der Waals surface area contributed by atoms with Crippen molar-refractivity contribution in [3.8, 4) is 11.5 Å². The quantitative estimate of drug-likeness (QED) is 0.653. The van der Waals surface area contributed by atoms with Crippen LogP contribution in [0.3, 0.4) is 0 Å². The van der Waals surface area contributed by atoms with Gasteiger partial charge in [0.1, 0.15) is 0 Å². The van der Waals surface area contributed by atoms with Gasteiger partial charge in [0.15, 0.2) is 11.5 Å². The Balaban J connectivity index is 2.49. The number of piperidine rings is 1. The van der Waals surface area contributed by atoms with Gasteiger partial charge in [-0.1, -0.05) is 12.1 Å². The summed E-state index contributed by atoms with van der Waals surface area (Å²) in [6.45, 7) is 0.741. The number of carbonyl (C=O) groups is 2. The highest BCUT2D eigenvalue weighted by molar-refractivity contribution is 5.95. The van der Waals surface area contributed by atoms with Crippen LogP contribution in [0.2, 0.25) is 0 Å². The van der Waals surface area contributed by atoms with E-state index in [1.807, 2.05) is 0 Å². The molecule has 0 unspecified atom stereocenters. The smallest absolute Gasteiger partial charge is 0.491 e. The number of nitrogens with one attached hydrogen (secondary N) is 1. The van der Waals surface area contributed by atoms with Gasteiger partial charge in [0.25, 0.3) is 0 Å². The van der Waals surface area contributed by atoms with E-state index in [2.05, 4.69) is 10.1 Å². The minimum Gasteiger partial charge on any atom is -0.493 e. The van der Waals surface area contributed by atoms with Gasteiger partial charge >= 0.3 is 18.1 Å². The normalized spacial score (nSPS) is 16.8. The third-order valence-corrected chi connectivity index (χ3v) is 4.18. The fourth-order valence-corrected chi connectivity index (χ4v) is 2.94. The number of benzene rings is 1. The van der Waals surface area contributed by atoms with Crippen molar-refractivity contribution < 1.29 is 37.0 Å². The van der Waals surface area contributed by atoms with Crippen LogP contribution in [0.15, 0.2) is 18.2 Å². The third-order valence-electron chi connectivity index (χ3n) is 4.18. The zero-order valence-electron chi connectivity index (χ0n) is 13.7. The number of hydrogen-bond donors (Lipinski definition) is 1. The molecule has 2 rings (SSSR count). The molecule has 1 N–H and O–H groups in total. The Hall–Kier alpha value is -2.29. The van der Waals surface area contributed by atoms with E-state index < -0.39 is 23.5 Å². The minimum absolute atomic E-state index is 0.153. The first-order valence-corrected chi connectivity index (χ1v) is 7.52. The van der Waals surface area contributed by atoms with Crippen molar-refractivity contribution in [3.63, 3.8) is 0 Å². The average Bonchev–Trinajstić information content (AvgIpc) is 2.60. The van der Waals surface area contributed by atoms with Gasteiger partial charge in [-0.2, -0.15) is 13.2 Å². The largest absolute Gasteiger partial charge is 0.493 e. The molecule has 9 heteroatoms. The van der Waals surface area contributed by atoms with E-state index in [9.17, 15) is 22.8 Å². The maximum atomic E-state index is 12.6. The second-order valence-electron chi connectivity index (χ2n) is 5.55. The fourth-order valence-electron chi connectivity index (χ4n) is 2.94. The number of ether oxygens (including phenoxy) is 3. The number of methoxy groups -OCH3 is 2. The molecule has 1 heterocycles. The maximum Gasteiger partial charge on any atom is 0.491 e. The van der Waals surface area contributed by atoms with Gasteiger partial charge in [0.05, 0.1) is 19.6 Å². The molecule has 1 aromatic rings. The Bertz CT molecular complexity index is 654. The van der Waals surface area contributed by atoms with E-state index >= 15 is 0 Å². The molecule has 0 aliphatic carbocycles. The lowest BCUT2D eigenvalue weighted by Crippen LogP contribution is -2.48. The standard InChI is InChI=1S/C16H18F3NO5/c1-23-11-5-3-4-10(12(11)24-2)15(6-8-20-9-7-15)13(21)25-14(22)16(17,18)19/h3-5,20H,6-9H2,1-2H3. The molecule has 0 saturated carbocycles. The van der Waals surface area contributed by atoms with Crippen molar-refractivity contribution in [2.24, 2.45) is 0 Å². The molecule has 6 nitrogen and oxygen atoms in total. The zero-order chi connectivity index (χ0) is 18.7. The predicted molar refractivity (Wildman–Crippen MR) is 80.5 cm³/mol. The molecule has 0 atom stereocenters. The molecule has 0 amide bonds. The van der Waals surface area contributed by atoms with Gasteiger partial charge in [-0.3, -0.25) is 4.79 Å². The number of alkyl halides is 3. The topological polar surface area (TPSA) is 73.9 Å². The van der Waals surface area contributed by atoms with Crippen molar-refractivity contribution in [1.82, 2.24) is 5.32 Å². The summed E-state index contributed by atoms with van der Waals surface area (Å²) in [5.74, 6) is -3.23. The highest BCUT2D eigenvalue weighted by Crippen LogP contribution is 2.44. The average molecular weight is 361 g/mol. The molecule has 1 saturated heterocycles. The molecule has 0 bridgehead atoms. The van der Waals surface area contributed by atoms with Crippen molar-refractivity contribution in [3.05, 3.63) is 23.8 Å². The van der Waals surface area contributed by atoms with Gasteiger partial charge < -0.3 is 19.5 Å². The number of hydrogen-bond acceptors (Lipinski definition) is 6. The van der Waals surface area contributed by atoms with Crippen LogP contribution < -0.4 is 14.8 Å². The van der Waals surface area contributed by atoms with Crippen LogP contribution in [0.1, 0.15) is 18.4 Å². The van der Waals surface area contributed by atoms with E-state index in [1.165, 1.54) is 14.2 Å². The molecule has 1 aliphatic heterocycles. The third kappa shape index (κ3) is 3.71. The molecule has 25 heavy (non-hydrogen) atoms.